The molecule has 0 aromatic rings. The van der Waals surface area contributed by atoms with Crippen molar-refractivity contribution in [2.75, 3.05) is 6.54 Å². The van der Waals surface area contributed by atoms with E-state index in [0.29, 0.717) is 25.3 Å². The van der Waals surface area contributed by atoms with E-state index in [4.69, 9.17) is 10.5 Å². The number of aliphatic hydroxyl groups is 1. The zero-order valence-electron chi connectivity index (χ0n) is 18.2. The molecule has 164 valence electrons. The number of amides is 3. The molecule has 8 nitrogen and oxygen atoms in total. The number of nitrogens with two attached hydrogens (primary N) is 1. The SMILES string of the molecule is CC(C)=C1CCN(C(=O)OC(C)(C)C)[C@@H]1C(=O)NC(CC1CCC1)C(O)C(N)=O. The van der Waals surface area contributed by atoms with E-state index in [1.54, 1.807) is 20.8 Å². The standard InChI is InChI=1S/C21H35N3O5/c1-12(2)14-9-10-24(20(28)29-21(3,4)5)16(14)19(27)23-15(17(25)18(22)26)11-13-7-6-8-13/h13,15-17,25H,6-11H2,1-5H3,(H2,22,26)(H,23,27)/t15?,16-,17?/m0/s1. The first-order chi connectivity index (χ1) is 13.4. The Morgan fingerprint density at radius 3 is 2.34 bits per heavy atom. The molecular weight excluding hydrogens is 374 g/mol. The Hall–Kier alpha value is -2.09. The highest BCUT2D eigenvalue weighted by Gasteiger charge is 2.42. The van der Waals surface area contributed by atoms with Crippen molar-refractivity contribution in [2.45, 2.75) is 90.5 Å². The van der Waals surface area contributed by atoms with Crippen molar-refractivity contribution in [3.8, 4) is 0 Å². The minimum Gasteiger partial charge on any atom is -0.444 e. The van der Waals surface area contributed by atoms with Crippen LogP contribution in [0.5, 0.6) is 0 Å². The molecule has 3 amide bonds. The van der Waals surface area contributed by atoms with Gasteiger partial charge >= 0.3 is 6.09 Å². The Kier molecular flexibility index (Phi) is 7.32. The molecule has 2 unspecified atom stereocenters. The van der Waals surface area contributed by atoms with Gasteiger partial charge in [-0.15, -0.1) is 0 Å². The van der Waals surface area contributed by atoms with Gasteiger partial charge in [-0.05, 0) is 59.0 Å². The van der Waals surface area contributed by atoms with Gasteiger partial charge in [-0.3, -0.25) is 14.5 Å². The number of nitrogens with zero attached hydrogens (tertiary/aromatic N) is 1. The van der Waals surface area contributed by atoms with E-state index in [1.165, 1.54) is 4.90 Å². The Morgan fingerprint density at radius 1 is 1.28 bits per heavy atom. The van der Waals surface area contributed by atoms with Gasteiger partial charge in [0, 0.05) is 6.54 Å². The molecule has 0 spiro atoms. The van der Waals surface area contributed by atoms with E-state index >= 15 is 0 Å². The Labute approximate surface area is 172 Å². The molecule has 29 heavy (non-hydrogen) atoms. The highest BCUT2D eigenvalue weighted by Crippen LogP contribution is 2.32. The monoisotopic (exact) mass is 409 g/mol. The number of hydrogen-bond acceptors (Lipinski definition) is 5. The van der Waals surface area contributed by atoms with Crippen molar-refractivity contribution in [1.82, 2.24) is 10.2 Å². The van der Waals surface area contributed by atoms with Crippen molar-refractivity contribution < 1.29 is 24.2 Å². The number of rotatable bonds is 6. The van der Waals surface area contributed by atoms with Gasteiger partial charge in [0.05, 0.1) is 6.04 Å². The fourth-order valence-electron chi connectivity index (χ4n) is 3.85. The highest BCUT2D eigenvalue weighted by atomic mass is 16.6. The molecule has 1 aliphatic heterocycles. The lowest BCUT2D eigenvalue weighted by Crippen LogP contribution is -2.55. The minimum absolute atomic E-state index is 0.350. The molecule has 2 aliphatic rings. The fraction of sp³-hybridized carbons (Fsp3) is 0.762. The average molecular weight is 410 g/mol. The lowest BCUT2D eigenvalue weighted by atomic mass is 9.79. The van der Waals surface area contributed by atoms with Crippen LogP contribution in [-0.2, 0) is 14.3 Å². The summed E-state index contributed by atoms with van der Waals surface area (Å²) in [5.74, 6) is -0.940. The molecule has 0 aromatic carbocycles. The normalized spacial score (nSPS) is 21.9. The molecule has 2 rings (SSSR count). The first-order valence-electron chi connectivity index (χ1n) is 10.3. The lowest BCUT2D eigenvalue weighted by Gasteiger charge is -2.33. The summed E-state index contributed by atoms with van der Waals surface area (Å²) in [6, 6.07) is -1.59. The number of primary amides is 1. The van der Waals surface area contributed by atoms with Crippen LogP contribution in [0, 0.1) is 5.92 Å². The zero-order chi connectivity index (χ0) is 21.9. The van der Waals surface area contributed by atoms with Gasteiger partial charge in [0.15, 0.2) is 6.10 Å². The number of allylic oxidation sites excluding steroid dienone is 1. The van der Waals surface area contributed by atoms with E-state index in [1.807, 2.05) is 13.8 Å². The van der Waals surface area contributed by atoms with E-state index in [2.05, 4.69) is 5.32 Å². The highest BCUT2D eigenvalue weighted by molar-refractivity contribution is 5.90. The predicted octanol–water partition coefficient (Wildman–Crippen LogP) is 1.85. The third kappa shape index (κ3) is 5.95. The molecule has 8 heteroatoms. The Bertz CT molecular complexity index is 674. The third-order valence-electron chi connectivity index (χ3n) is 5.59. The van der Waals surface area contributed by atoms with Gasteiger partial charge in [0.2, 0.25) is 11.8 Å². The summed E-state index contributed by atoms with van der Waals surface area (Å²) in [7, 11) is 0. The molecule has 2 fully saturated rings. The van der Waals surface area contributed by atoms with Crippen LogP contribution in [0.1, 0.15) is 66.7 Å². The van der Waals surface area contributed by atoms with Gasteiger partial charge < -0.3 is 20.9 Å². The Morgan fingerprint density at radius 2 is 1.90 bits per heavy atom. The maximum Gasteiger partial charge on any atom is 0.411 e. The Balaban J connectivity index is 2.22. The number of carbonyl (C=O) groups is 3. The van der Waals surface area contributed by atoms with Crippen molar-refractivity contribution in [1.29, 1.82) is 0 Å². The number of aliphatic hydroxyl groups excluding tert-OH is 1. The maximum atomic E-state index is 13.2. The number of ether oxygens (including phenoxy) is 1. The largest absolute Gasteiger partial charge is 0.444 e. The molecule has 4 N–H and O–H groups in total. The van der Waals surface area contributed by atoms with Gasteiger partial charge in [-0.1, -0.05) is 24.8 Å². The zero-order valence-corrected chi connectivity index (χ0v) is 18.2. The molecular formula is C21H35N3O5. The number of hydrogen-bond donors (Lipinski definition) is 3. The van der Waals surface area contributed by atoms with E-state index in [9.17, 15) is 19.5 Å². The van der Waals surface area contributed by atoms with E-state index < -0.39 is 41.7 Å². The number of carbonyl (C=O) groups excluding carboxylic acids is 3. The van der Waals surface area contributed by atoms with Crippen LogP contribution in [0.15, 0.2) is 11.1 Å². The van der Waals surface area contributed by atoms with Crippen LogP contribution in [-0.4, -0.2) is 58.2 Å². The quantitative estimate of drug-likeness (QED) is 0.578. The van der Waals surface area contributed by atoms with Crippen molar-refractivity contribution in [2.24, 2.45) is 11.7 Å². The summed E-state index contributed by atoms with van der Waals surface area (Å²) in [5, 5.41) is 13.0. The molecule has 3 atom stereocenters. The van der Waals surface area contributed by atoms with Crippen LogP contribution in [0.3, 0.4) is 0 Å². The van der Waals surface area contributed by atoms with Crippen molar-refractivity contribution >= 4 is 17.9 Å². The molecule has 1 aliphatic carbocycles. The smallest absolute Gasteiger partial charge is 0.411 e. The van der Waals surface area contributed by atoms with Crippen molar-refractivity contribution in [3.63, 3.8) is 0 Å². The summed E-state index contributed by atoms with van der Waals surface area (Å²) < 4.78 is 5.47. The van der Waals surface area contributed by atoms with Crippen molar-refractivity contribution in [3.05, 3.63) is 11.1 Å². The van der Waals surface area contributed by atoms with E-state index in [0.717, 1.165) is 30.4 Å². The second kappa shape index (κ2) is 9.15. The van der Waals surface area contributed by atoms with Crippen LogP contribution < -0.4 is 11.1 Å². The first kappa shape index (κ1) is 23.2. The third-order valence-corrected chi connectivity index (χ3v) is 5.59. The second-order valence-electron chi connectivity index (χ2n) is 9.35. The number of nitrogens with one attached hydrogen (secondary N) is 1. The summed E-state index contributed by atoms with van der Waals surface area (Å²) in [6.45, 7) is 9.50. The summed E-state index contributed by atoms with van der Waals surface area (Å²) in [6.07, 6.45) is 2.15. The van der Waals surface area contributed by atoms with Gasteiger partial charge in [-0.2, -0.15) is 0 Å². The van der Waals surface area contributed by atoms with E-state index in [-0.39, 0.29) is 0 Å². The molecule has 0 aromatic heterocycles. The van der Waals surface area contributed by atoms with Gasteiger partial charge in [0.25, 0.3) is 0 Å². The number of likely N-dealkylation sites (tertiary alicyclic amines) is 1. The summed E-state index contributed by atoms with van der Waals surface area (Å²) in [5.41, 5.74) is 6.42. The van der Waals surface area contributed by atoms with Gasteiger partial charge in [-0.25, -0.2) is 4.79 Å². The molecule has 1 saturated heterocycles. The van der Waals surface area contributed by atoms with Gasteiger partial charge in [0.1, 0.15) is 11.6 Å². The molecule has 1 saturated carbocycles. The van der Waals surface area contributed by atoms with Crippen LogP contribution in [0.2, 0.25) is 0 Å². The predicted molar refractivity (Wildman–Crippen MR) is 109 cm³/mol. The first-order valence-corrected chi connectivity index (χ1v) is 10.3. The summed E-state index contributed by atoms with van der Waals surface area (Å²) >= 11 is 0. The minimum atomic E-state index is -1.47. The lowest BCUT2D eigenvalue weighted by molar-refractivity contribution is -0.131. The fourth-order valence-corrected chi connectivity index (χ4v) is 3.85. The van der Waals surface area contributed by atoms with Crippen LogP contribution in [0.4, 0.5) is 4.79 Å². The molecule has 0 radical (unpaired) electrons. The second-order valence-corrected chi connectivity index (χ2v) is 9.35. The van der Waals surface area contributed by atoms with Crippen LogP contribution >= 0.6 is 0 Å². The molecule has 1 heterocycles. The average Bonchev–Trinajstić information content (AvgIpc) is 2.99. The maximum absolute atomic E-state index is 13.2. The van der Waals surface area contributed by atoms with Crippen LogP contribution in [0.25, 0.3) is 0 Å². The topological polar surface area (TPSA) is 122 Å². The summed E-state index contributed by atoms with van der Waals surface area (Å²) in [4.78, 5) is 38.9. The molecule has 0 bridgehead atoms.